The van der Waals surface area contributed by atoms with Gasteiger partial charge in [-0.3, -0.25) is 0 Å². The molecule has 0 radical (unpaired) electrons. The van der Waals surface area contributed by atoms with Gasteiger partial charge in [0.05, 0.1) is 0 Å². The van der Waals surface area contributed by atoms with Gasteiger partial charge in [-0.15, -0.1) is 0 Å². The molecular weight excluding hydrogens is 244 g/mol. The van der Waals surface area contributed by atoms with Crippen molar-refractivity contribution in [3.63, 3.8) is 0 Å². The Hall–Kier alpha value is -0.943. The van der Waals surface area contributed by atoms with Crippen LogP contribution in [0.2, 0.25) is 6.04 Å². The van der Waals surface area contributed by atoms with E-state index in [1.807, 2.05) is 0 Å². The third-order valence-electron chi connectivity index (χ3n) is 2.89. The molecule has 3 aromatic carbocycles. The van der Waals surface area contributed by atoms with Crippen LogP contribution in [0.3, 0.4) is 0 Å². The summed E-state index contributed by atoms with van der Waals surface area (Å²) in [4.78, 5) is 0. The molecule has 0 aromatic heterocycles. The molecule has 0 N–H and O–H groups in total. The lowest BCUT2D eigenvalue weighted by molar-refractivity contribution is 0.123. The highest BCUT2D eigenvalue weighted by Crippen LogP contribution is 2.13. The topological polar surface area (TPSA) is 27.7 Å². The Morgan fingerprint density at radius 3 is 1.22 bits per heavy atom. The summed E-state index contributed by atoms with van der Waals surface area (Å²) in [7, 11) is 2.68. The first kappa shape index (κ1) is 15.1. The SMILES string of the molecule is CCC[Si](OC)(OC)OC.c1cc2ccc1cc2. The van der Waals surface area contributed by atoms with Crippen molar-refractivity contribution in [2.45, 2.75) is 19.4 Å². The van der Waals surface area contributed by atoms with Gasteiger partial charge in [-0.2, -0.15) is 0 Å². The summed E-state index contributed by atoms with van der Waals surface area (Å²) in [5.41, 5.74) is 0. The average Bonchev–Trinajstić information content (AvgIpc) is 2.48. The van der Waals surface area contributed by atoms with Gasteiger partial charge in [-0.1, -0.05) is 49.7 Å². The van der Waals surface area contributed by atoms with Gasteiger partial charge in [0.15, 0.2) is 0 Å². The van der Waals surface area contributed by atoms with E-state index in [9.17, 15) is 0 Å². The van der Waals surface area contributed by atoms with E-state index in [-0.39, 0.29) is 0 Å². The molecule has 0 aliphatic carbocycles. The van der Waals surface area contributed by atoms with Crippen molar-refractivity contribution in [3.8, 4) is 0 Å². The Morgan fingerprint density at radius 2 is 1.11 bits per heavy atom. The zero-order chi connectivity index (χ0) is 13.4. The van der Waals surface area contributed by atoms with Gasteiger partial charge < -0.3 is 13.3 Å². The highest BCUT2D eigenvalue weighted by Gasteiger charge is 2.36. The van der Waals surface area contributed by atoms with Crippen LogP contribution in [0, 0.1) is 0 Å². The van der Waals surface area contributed by atoms with E-state index in [2.05, 4.69) is 43.3 Å². The summed E-state index contributed by atoms with van der Waals surface area (Å²) in [5.74, 6) is 0. The lowest BCUT2D eigenvalue weighted by atomic mass is 10.1. The molecule has 0 aliphatic rings. The van der Waals surface area contributed by atoms with Gasteiger partial charge in [0.1, 0.15) is 0 Å². The largest absolute Gasteiger partial charge is 0.500 e. The lowest BCUT2D eigenvalue weighted by Crippen LogP contribution is -2.42. The number of hydrogen-bond acceptors (Lipinski definition) is 3. The smallest absolute Gasteiger partial charge is 0.377 e. The Kier molecular flexibility index (Phi) is 6.28. The first-order valence-electron chi connectivity index (χ1n) is 6.13. The van der Waals surface area contributed by atoms with Crippen LogP contribution in [-0.2, 0) is 13.3 Å². The molecule has 3 rings (SSSR count). The van der Waals surface area contributed by atoms with Crippen molar-refractivity contribution >= 4 is 19.6 Å². The number of rotatable bonds is 5. The summed E-state index contributed by atoms with van der Waals surface area (Å²) >= 11 is 0. The zero-order valence-electron chi connectivity index (χ0n) is 11.6. The van der Waals surface area contributed by atoms with Crippen LogP contribution in [0.1, 0.15) is 13.3 Å². The van der Waals surface area contributed by atoms with Crippen LogP contribution in [-0.4, -0.2) is 30.1 Å². The zero-order valence-corrected chi connectivity index (χ0v) is 12.6. The third kappa shape index (κ3) is 4.06. The van der Waals surface area contributed by atoms with Crippen molar-refractivity contribution < 1.29 is 13.3 Å². The Bertz CT molecular complexity index is 343. The van der Waals surface area contributed by atoms with Crippen molar-refractivity contribution in [2.75, 3.05) is 21.3 Å². The van der Waals surface area contributed by atoms with Gasteiger partial charge in [0.25, 0.3) is 0 Å². The molecule has 4 heteroatoms. The number of hydrogen-bond donors (Lipinski definition) is 0. The highest BCUT2D eigenvalue weighted by molar-refractivity contribution is 6.60. The molecule has 2 bridgehead atoms. The van der Waals surface area contributed by atoms with E-state index in [4.69, 9.17) is 13.3 Å². The summed E-state index contributed by atoms with van der Waals surface area (Å²) in [6.45, 7) is 2.08. The maximum absolute atomic E-state index is 5.17. The maximum Gasteiger partial charge on any atom is 0.500 e. The lowest BCUT2D eigenvalue weighted by Gasteiger charge is -2.23. The Labute approximate surface area is 110 Å². The van der Waals surface area contributed by atoms with E-state index in [0.29, 0.717) is 0 Å². The van der Waals surface area contributed by atoms with E-state index in [1.54, 1.807) is 21.3 Å². The molecule has 0 atom stereocenters. The predicted molar refractivity (Wildman–Crippen MR) is 77.0 cm³/mol. The standard InChI is InChI=1S/C8H6.C6H16O3Si/c1-2-8-5-3-7(1)4-6-8;1-5-6-10(7-2,8-3)9-4/h1-6H;5-6H2,1-4H3. The van der Waals surface area contributed by atoms with E-state index >= 15 is 0 Å². The Morgan fingerprint density at radius 1 is 0.778 bits per heavy atom. The molecule has 0 heterocycles. The van der Waals surface area contributed by atoms with E-state index < -0.39 is 8.80 Å². The second-order valence-electron chi connectivity index (χ2n) is 4.05. The van der Waals surface area contributed by atoms with E-state index in [1.165, 1.54) is 10.8 Å². The van der Waals surface area contributed by atoms with Crippen LogP contribution in [0.5, 0.6) is 0 Å². The van der Waals surface area contributed by atoms with Gasteiger partial charge >= 0.3 is 8.80 Å². The van der Waals surface area contributed by atoms with Crippen LogP contribution in [0.15, 0.2) is 36.4 Å². The second-order valence-corrected chi connectivity index (χ2v) is 7.14. The highest BCUT2D eigenvalue weighted by atomic mass is 28.4. The summed E-state index contributed by atoms with van der Waals surface area (Å²) in [6, 6.07) is 13.6. The Balaban J connectivity index is 0.000000182. The van der Waals surface area contributed by atoms with Crippen LogP contribution in [0.25, 0.3) is 10.8 Å². The fraction of sp³-hybridized carbons (Fsp3) is 0.429. The normalized spacial score (nSPS) is 11.3. The molecule has 0 fully saturated rings. The molecular formula is C14H22O3Si. The summed E-state index contributed by atoms with van der Waals surface area (Å²) in [6.07, 6.45) is 1.03. The molecule has 3 aromatic rings. The number of fused-ring (bicyclic) bond motifs is 3. The molecule has 0 amide bonds. The molecule has 0 aliphatic heterocycles. The minimum absolute atomic E-state index is 0.885. The van der Waals surface area contributed by atoms with Crippen molar-refractivity contribution in [1.29, 1.82) is 0 Å². The second kappa shape index (κ2) is 7.48. The van der Waals surface area contributed by atoms with Crippen LogP contribution < -0.4 is 0 Å². The third-order valence-corrected chi connectivity index (χ3v) is 5.87. The molecule has 3 nitrogen and oxygen atoms in total. The van der Waals surface area contributed by atoms with Crippen LogP contribution in [0.4, 0.5) is 0 Å². The van der Waals surface area contributed by atoms with Crippen LogP contribution >= 0.6 is 0 Å². The maximum atomic E-state index is 5.17. The quantitative estimate of drug-likeness (QED) is 0.775. The minimum Gasteiger partial charge on any atom is -0.377 e. The fourth-order valence-corrected chi connectivity index (χ4v) is 3.50. The minimum atomic E-state index is -2.22. The average molecular weight is 266 g/mol. The first-order valence-corrected chi connectivity index (χ1v) is 8.06. The van der Waals surface area contributed by atoms with Crippen molar-refractivity contribution in [2.24, 2.45) is 0 Å². The van der Waals surface area contributed by atoms with Crippen molar-refractivity contribution in [1.82, 2.24) is 0 Å². The van der Waals surface area contributed by atoms with Gasteiger partial charge in [0, 0.05) is 27.4 Å². The number of benzene rings is 3. The fourth-order valence-electron chi connectivity index (χ4n) is 1.77. The first-order chi connectivity index (χ1) is 8.69. The van der Waals surface area contributed by atoms with Gasteiger partial charge in [-0.25, -0.2) is 0 Å². The predicted octanol–water partition coefficient (Wildman–Crippen LogP) is 3.55. The van der Waals surface area contributed by atoms with Crippen molar-refractivity contribution in [3.05, 3.63) is 36.4 Å². The van der Waals surface area contributed by atoms with Gasteiger partial charge in [-0.05, 0) is 10.8 Å². The summed E-state index contributed by atoms with van der Waals surface area (Å²) < 4.78 is 15.5. The molecule has 0 unspecified atom stereocenters. The van der Waals surface area contributed by atoms with E-state index in [0.717, 1.165) is 12.5 Å². The molecule has 0 spiro atoms. The van der Waals surface area contributed by atoms with Gasteiger partial charge in [0.2, 0.25) is 0 Å². The molecule has 0 saturated heterocycles. The molecule has 0 saturated carbocycles. The summed E-state index contributed by atoms with van der Waals surface area (Å²) in [5, 5.41) is 2.61. The monoisotopic (exact) mass is 266 g/mol. The molecule has 18 heavy (non-hydrogen) atoms. The molecule has 100 valence electrons.